The molecule has 0 radical (unpaired) electrons. The van der Waals surface area contributed by atoms with Gasteiger partial charge >= 0.3 is 0 Å². The molecule has 2 rings (SSSR count). The molecule has 0 fully saturated rings. The SMILES string of the molecule is CCc1c(C)nn(Cc2cc(C#CCN)cs2)c1C. The Morgan fingerprint density at radius 1 is 1.42 bits per heavy atom. The number of nitrogens with two attached hydrogens (primary N) is 1. The van der Waals surface area contributed by atoms with E-state index in [1.165, 1.54) is 16.1 Å². The van der Waals surface area contributed by atoms with Crippen molar-refractivity contribution in [3.05, 3.63) is 38.8 Å². The lowest BCUT2D eigenvalue weighted by molar-refractivity contribution is 0.665. The van der Waals surface area contributed by atoms with E-state index in [1.54, 1.807) is 11.3 Å². The van der Waals surface area contributed by atoms with E-state index in [4.69, 9.17) is 5.73 Å². The van der Waals surface area contributed by atoms with Crippen LogP contribution in [0.25, 0.3) is 0 Å². The van der Waals surface area contributed by atoms with E-state index in [1.807, 2.05) is 0 Å². The largest absolute Gasteiger partial charge is 0.320 e. The summed E-state index contributed by atoms with van der Waals surface area (Å²) in [6.07, 6.45) is 1.04. The maximum atomic E-state index is 5.38. The Kier molecular flexibility index (Phi) is 4.41. The summed E-state index contributed by atoms with van der Waals surface area (Å²) >= 11 is 1.72. The van der Waals surface area contributed by atoms with Crippen molar-refractivity contribution in [3.8, 4) is 11.8 Å². The monoisotopic (exact) mass is 273 g/mol. The lowest BCUT2D eigenvalue weighted by Crippen LogP contribution is -2.02. The van der Waals surface area contributed by atoms with Gasteiger partial charge in [-0.2, -0.15) is 5.10 Å². The molecule has 0 spiro atoms. The highest BCUT2D eigenvalue weighted by Crippen LogP contribution is 2.19. The van der Waals surface area contributed by atoms with Gasteiger partial charge in [0.15, 0.2) is 0 Å². The zero-order chi connectivity index (χ0) is 13.8. The van der Waals surface area contributed by atoms with E-state index in [0.29, 0.717) is 6.54 Å². The average Bonchev–Trinajstić information content (AvgIpc) is 2.93. The first kappa shape index (κ1) is 13.9. The third kappa shape index (κ3) is 3.06. The highest BCUT2D eigenvalue weighted by atomic mass is 32.1. The fraction of sp³-hybridized carbons (Fsp3) is 0.400. The predicted octanol–water partition coefficient (Wildman–Crippen LogP) is 2.48. The van der Waals surface area contributed by atoms with Gasteiger partial charge in [-0.05, 0) is 31.9 Å². The maximum Gasteiger partial charge on any atom is 0.0755 e. The van der Waals surface area contributed by atoms with Crippen LogP contribution in [-0.4, -0.2) is 16.3 Å². The molecular formula is C15H19N3S. The third-order valence-corrected chi connectivity index (χ3v) is 4.10. The summed E-state index contributed by atoms with van der Waals surface area (Å²) in [4.78, 5) is 1.27. The fourth-order valence-corrected chi connectivity index (χ4v) is 3.03. The van der Waals surface area contributed by atoms with Crippen molar-refractivity contribution in [2.75, 3.05) is 6.54 Å². The topological polar surface area (TPSA) is 43.8 Å². The third-order valence-electron chi connectivity index (χ3n) is 3.18. The normalized spacial score (nSPS) is 10.3. The number of nitrogens with zero attached hydrogens (tertiary/aromatic N) is 2. The van der Waals surface area contributed by atoms with Crippen LogP contribution in [0.2, 0.25) is 0 Å². The second kappa shape index (κ2) is 6.05. The predicted molar refractivity (Wildman–Crippen MR) is 80.4 cm³/mol. The van der Waals surface area contributed by atoms with E-state index in [-0.39, 0.29) is 0 Å². The number of rotatable bonds is 3. The van der Waals surface area contributed by atoms with Gasteiger partial charge in [0, 0.05) is 21.5 Å². The van der Waals surface area contributed by atoms with Gasteiger partial charge in [-0.15, -0.1) is 11.3 Å². The Labute approximate surface area is 118 Å². The molecule has 100 valence electrons. The minimum Gasteiger partial charge on any atom is -0.320 e. The molecule has 0 aliphatic heterocycles. The lowest BCUT2D eigenvalue weighted by atomic mass is 10.1. The van der Waals surface area contributed by atoms with Gasteiger partial charge in [0.2, 0.25) is 0 Å². The minimum absolute atomic E-state index is 0.405. The fourth-order valence-electron chi connectivity index (χ4n) is 2.23. The molecule has 4 heteroatoms. The van der Waals surface area contributed by atoms with E-state index in [2.05, 4.69) is 53.8 Å². The summed E-state index contributed by atoms with van der Waals surface area (Å²) in [5, 5.41) is 6.69. The second-order valence-corrected chi connectivity index (χ2v) is 5.46. The van der Waals surface area contributed by atoms with Crippen LogP contribution >= 0.6 is 11.3 Å². The lowest BCUT2D eigenvalue weighted by Gasteiger charge is -2.02. The quantitative estimate of drug-likeness (QED) is 0.873. The molecule has 2 aromatic heterocycles. The first-order valence-corrected chi connectivity index (χ1v) is 7.32. The van der Waals surface area contributed by atoms with E-state index in [0.717, 1.165) is 24.2 Å². The number of hydrogen-bond donors (Lipinski definition) is 1. The molecule has 2 N–H and O–H groups in total. The van der Waals surface area contributed by atoms with Gasteiger partial charge in [0.25, 0.3) is 0 Å². The first-order chi connectivity index (χ1) is 9.15. The number of aryl methyl sites for hydroxylation is 1. The first-order valence-electron chi connectivity index (χ1n) is 6.45. The van der Waals surface area contributed by atoms with Crippen LogP contribution in [-0.2, 0) is 13.0 Å². The molecule has 2 aromatic rings. The summed E-state index contributed by atoms with van der Waals surface area (Å²) in [6.45, 7) is 7.62. The standard InChI is InChI=1S/C15H19N3S/c1-4-15-11(2)17-18(12(15)3)9-14-8-13(10-19-14)6-5-7-16/h8,10H,4,7,9,16H2,1-3H3. The highest BCUT2D eigenvalue weighted by Gasteiger charge is 2.10. The molecule has 3 nitrogen and oxygen atoms in total. The van der Waals surface area contributed by atoms with Crippen molar-refractivity contribution in [1.82, 2.24) is 9.78 Å². The van der Waals surface area contributed by atoms with Gasteiger partial charge in [-0.1, -0.05) is 18.8 Å². The molecule has 0 amide bonds. The maximum absolute atomic E-state index is 5.38. The van der Waals surface area contributed by atoms with E-state index < -0.39 is 0 Å². The Morgan fingerprint density at radius 3 is 2.84 bits per heavy atom. The summed E-state index contributed by atoms with van der Waals surface area (Å²) in [7, 11) is 0. The number of hydrogen-bond acceptors (Lipinski definition) is 3. The molecule has 0 unspecified atom stereocenters. The van der Waals surface area contributed by atoms with Crippen molar-refractivity contribution in [2.45, 2.75) is 33.7 Å². The van der Waals surface area contributed by atoms with Crippen LogP contribution in [0.3, 0.4) is 0 Å². The van der Waals surface area contributed by atoms with Gasteiger partial charge < -0.3 is 5.73 Å². The van der Waals surface area contributed by atoms with Gasteiger partial charge in [-0.3, -0.25) is 4.68 Å². The van der Waals surface area contributed by atoms with Crippen molar-refractivity contribution < 1.29 is 0 Å². The van der Waals surface area contributed by atoms with Crippen molar-refractivity contribution in [1.29, 1.82) is 0 Å². The van der Waals surface area contributed by atoms with Crippen molar-refractivity contribution in [3.63, 3.8) is 0 Å². The molecule has 0 saturated carbocycles. The van der Waals surface area contributed by atoms with Crippen molar-refractivity contribution in [2.24, 2.45) is 5.73 Å². The smallest absolute Gasteiger partial charge is 0.0755 e. The van der Waals surface area contributed by atoms with Gasteiger partial charge in [-0.25, -0.2) is 0 Å². The molecule has 2 heterocycles. The molecule has 0 saturated heterocycles. The zero-order valence-electron chi connectivity index (χ0n) is 11.7. The van der Waals surface area contributed by atoms with Crippen LogP contribution in [0.1, 0.15) is 34.3 Å². The number of thiophene rings is 1. The summed E-state index contributed by atoms with van der Waals surface area (Å²) < 4.78 is 2.08. The van der Waals surface area contributed by atoms with Crippen LogP contribution < -0.4 is 5.73 Å². The molecular weight excluding hydrogens is 254 g/mol. The van der Waals surface area contributed by atoms with Gasteiger partial charge in [0.1, 0.15) is 0 Å². The second-order valence-electron chi connectivity index (χ2n) is 4.47. The van der Waals surface area contributed by atoms with Gasteiger partial charge in [0.05, 0.1) is 18.8 Å². The summed E-state index contributed by atoms with van der Waals surface area (Å²) in [5.74, 6) is 5.94. The average molecular weight is 273 g/mol. The van der Waals surface area contributed by atoms with Crippen molar-refractivity contribution >= 4 is 11.3 Å². The van der Waals surface area contributed by atoms with Crippen LogP contribution in [0.4, 0.5) is 0 Å². The summed E-state index contributed by atoms with van der Waals surface area (Å²) in [5.41, 5.74) is 10.2. The molecule has 0 atom stereocenters. The molecule has 0 bridgehead atoms. The Hall–Kier alpha value is -1.57. The summed E-state index contributed by atoms with van der Waals surface area (Å²) in [6, 6.07) is 2.12. The zero-order valence-corrected chi connectivity index (χ0v) is 12.5. The number of aromatic nitrogens is 2. The highest BCUT2D eigenvalue weighted by molar-refractivity contribution is 7.10. The minimum atomic E-state index is 0.405. The molecule has 19 heavy (non-hydrogen) atoms. The Balaban J connectivity index is 2.19. The molecule has 0 aliphatic carbocycles. The van der Waals surface area contributed by atoms with E-state index in [9.17, 15) is 0 Å². The Morgan fingerprint density at radius 2 is 2.21 bits per heavy atom. The van der Waals surface area contributed by atoms with Crippen LogP contribution in [0, 0.1) is 25.7 Å². The molecule has 0 aliphatic rings. The van der Waals surface area contributed by atoms with E-state index >= 15 is 0 Å². The van der Waals surface area contributed by atoms with Crippen LogP contribution in [0.5, 0.6) is 0 Å². The van der Waals surface area contributed by atoms with Crippen LogP contribution in [0.15, 0.2) is 11.4 Å². The Bertz CT molecular complexity index is 626. The molecule has 0 aromatic carbocycles.